The Morgan fingerprint density at radius 3 is 2.32 bits per heavy atom. The van der Waals surface area contributed by atoms with Crippen LogP contribution >= 0.6 is 0 Å². The minimum Gasteiger partial charge on any atom is -0.492 e. The van der Waals surface area contributed by atoms with Crippen molar-refractivity contribution in [1.29, 1.82) is 0 Å². The Balaban J connectivity index is 1.50. The Hall–Kier alpha value is -2.84. The molecular weight excluding hydrogens is 424 g/mol. The topological polar surface area (TPSA) is 183 Å². The molecule has 3 aliphatic heterocycles. The van der Waals surface area contributed by atoms with E-state index in [0.717, 1.165) is 0 Å². The number of carbonyl (C=O) groups excluding carboxylic acids is 1. The van der Waals surface area contributed by atoms with E-state index in [1.165, 1.54) is 14.2 Å². The maximum atomic E-state index is 12.5. The molecule has 1 aromatic carbocycles. The second-order valence-electron chi connectivity index (χ2n) is 6.92. The van der Waals surface area contributed by atoms with Crippen LogP contribution in [0.3, 0.4) is 0 Å². The van der Waals surface area contributed by atoms with Gasteiger partial charge in [-0.25, -0.2) is 9.59 Å². The highest BCUT2D eigenvalue weighted by Gasteiger charge is 2.54. The van der Waals surface area contributed by atoms with Crippen molar-refractivity contribution in [3.8, 4) is 23.0 Å². The quantitative estimate of drug-likeness (QED) is 0.288. The number of ether oxygens (including phenoxy) is 7. The zero-order valence-corrected chi connectivity index (χ0v) is 16.3. The summed E-state index contributed by atoms with van der Waals surface area (Å²) in [5.74, 6) is -1.37. The lowest BCUT2D eigenvalue weighted by Gasteiger charge is -2.37. The number of carboxylic acid groups (broad SMARTS) is 1. The number of fused-ring (bicyclic) bond motifs is 1. The van der Waals surface area contributed by atoms with Gasteiger partial charge >= 0.3 is 11.9 Å². The zero-order valence-electron chi connectivity index (χ0n) is 16.3. The third-order valence-corrected chi connectivity index (χ3v) is 5.09. The van der Waals surface area contributed by atoms with Gasteiger partial charge in [-0.3, -0.25) is 0 Å². The molecule has 13 nitrogen and oxygen atoms in total. The molecule has 2 fully saturated rings. The molecule has 0 aromatic heterocycles. The number of hydrogen-bond acceptors (Lipinski definition) is 12. The highest BCUT2D eigenvalue weighted by Crippen LogP contribution is 2.54. The van der Waals surface area contributed by atoms with E-state index in [2.05, 4.69) is 0 Å². The van der Waals surface area contributed by atoms with Crippen LogP contribution in [-0.4, -0.2) is 90.2 Å². The van der Waals surface area contributed by atoms with Crippen LogP contribution in [0.4, 0.5) is 0 Å². The molecule has 31 heavy (non-hydrogen) atoms. The predicted octanol–water partition coefficient (Wildman–Crippen LogP) is -1.69. The van der Waals surface area contributed by atoms with Crippen LogP contribution in [0.1, 0.15) is 11.7 Å². The summed E-state index contributed by atoms with van der Waals surface area (Å²) in [7, 11) is 2.80. The van der Waals surface area contributed by atoms with Crippen LogP contribution < -0.4 is 18.9 Å². The molecule has 0 radical (unpaired) electrons. The van der Waals surface area contributed by atoms with Crippen LogP contribution in [0.5, 0.6) is 23.0 Å². The van der Waals surface area contributed by atoms with E-state index in [4.69, 9.17) is 38.3 Å². The maximum Gasteiger partial charge on any atom is 0.340 e. The first-order chi connectivity index (χ1) is 14.8. The minimum absolute atomic E-state index is 0.0227. The fourth-order valence-electron chi connectivity index (χ4n) is 3.48. The molecule has 0 saturated carbocycles. The fourth-order valence-corrected chi connectivity index (χ4v) is 3.48. The number of benzene rings is 1. The lowest BCUT2D eigenvalue weighted by Crippen LogP contribution is -2.60. The van der Waals surface area contributed by atoms with Gasteiger partial charge in [0.2, 0.25) is 24.6 Å². The van der Waals surface area contributed by atoms with Gasteiger partial charge in [0.25, 0.3) is 0 Å². The number of aliphatic carboxylic acids is 1. The Labute approximate surface area is 174 Å². The van der Waals surface area contributed by atoms with Gasteiger partial charge in [0.1, 0.15) is 24.4 Å². The average molecular weight is 444 g/mol. The number of carbonyl (C=O) groups is 2. The van der Waals surface area contributed by atoms with E-state index in [-0.39, 0.29) is 18.3 Å². The van der Waals surface area contributed by atoms with Crippen molar-refractivity contribution >= 4 is 11.9 Å². The molecule has 0 spiro atoms. The summed E-state index contributed by atoms with van der Waals surface area (Å²) in [6.07, 6.45) is -11.4. The van der Waals surface area contributed by atoms with Crippen molar-refractivity contribution in [2.75, 3.05) is 21.0 Å². The normalized spacial score (nSPS) is 33.5. The Bertz CT molecular complexity index is 886. The fraction of sp³-hybridized carbons (Fsp3) is 0.556. The van der Waals surface area contributed by atoms with Crippen molar-refractivity contribution in [3.63, 3.8) is 0 Å². The van der Waals surface area contributed by atoms with Crippen LogP contribution in [0, 0.1) is 0 Å². The third-order valence-electron chi connectivity index (χ3n) is 5.09. The van der Waals surface area contributed by atoms with E-state index < -0.39 is 54.9 Å². The molecule has 4 N–H and O–H groups in total. The van der Waals surface area contributed by atoms with E-state index in [9.17, 15) is 24.9 Å². The van der Waals surface area contributed by atoms with Gasteiger partial charge in [0.05, 0.1) is 14.2 Å². The first-order valence-electron chi connectivity index (χ1n) is 9.11. The Kier molecular flexibility index (Phi) is 5.53. The van der Waals surface area contributed by atoms with Crippen molar-refractivity contribution in [3.05, 3.63) is 11.6 Å². The number of hydrogen-bond donors (Lipinski definition) is 4. The smallest absolute Gasteiger partial charge is 0.340 e. The van der Waals surface area contributed by atoms with Crippen LogP contribution in [0.15, 0.2) is 6.07 Å². The summed E-state index contributed by atoms with van der Waals surface area (Å²) in [6, 6.07) is 1.56. The van der Waals surface area contributed by atoms with E-state index >= 15 is 0 Å². The maximum absolute atomic E-state index is 12.5. The molecule has 4 rings (SSSR count). The molecular formula is C18H20O13. The number of esters is 1. The summed E-state index contributed by atoms with van der Waals surface area (Å²) in [5, 5.41) is 38.6. The molecule has 1 aromatic rings. The third kappa shape index (κ3) is 3.59. The van der Waals surface area contributed by atoms with Crippen molar-refractivity contribution in [2.45, 2.75) is 42.9 Å². The standard InChI is InChI=1S/C18H20O13/c1-25-10-5(3-6-12(14(10)26-2)28-4-27-6)11-15(29-11)17(24)31-18-9(21)7(19)8(20)13(30-18)16(22)23/h3,7-9,11,13,15,18-21H,4H2,1-2H3,(H,22,23). The zero-order chi connectivity index (χ0) is 22.4. The van der Waals surface area contributed by atoms with E-state index in [1.807, 2.05) is 0 Å². The molecule has 170 valence electrons. The van der Waals surface area contributed by atoms with Gasteiger partial charge in [0.15, 0.2) is 23.7 Å². The van der Waals surface area contributed by atoms with Gasteiger partial charge in [-0.2, -0.15) is 0 Å². The lowest BCUT2D eigenvalue weighted by atomic mass is 9.99. The monoisotopic (exact) mass is 444 g/mol. The molecule has 13 heteroatoms. The highest BCUT2D eigenvalue weighted by atomic mass is 16.7. The van der Waals surface area contributed by atoms with E-state index in [1.54, 1.807) is 6.07 Å². The lowest BCUT2D eigenvalue weighted by molar-refractivity contribution is -0.286. The highest BCUT2D eigenvalue weighted by molar-refractivity contribution is 5.80. The first-order valence-corrected chi connectivity index (χ1v) is 9.11. The SMILES string of the molecule is COc1c(C2OC2C(=O)OC2OC(C(=O)O)C(O)C(O)C2O)cc2c(c1OC)OCO2. The summed E-state index contributed by atoms with van der Waals surface area (Å²) < 4.78 is 36.7. The van der Waals surface area contributed by atoms with Gasteiger partial charge in [-0.05, 0) is 6.07 Å². The molecule has 3 aliphatic rings. The van der Waals surface area contributed by atoms with Crippen molar-refractivity contribution < 1.29 is 63.2 Å². The second-order valence-corrected chi connectivity index (χ2v) is 6.92. The van der Waals surface area contributed by atoms with E-state index in [0.29, 0.717) is 17.1 Å². The van der Waals surface area contributed by atoms with Crippen LogP contribution in [0.2, 0.25) is 0 Å². The summed E-state index contributed by atoms with van der Waals surface area (Å²) in [5.41, 5.74) is 0.412. The number of aliphatic hydroxyl groups excluding tert-OH is 3. The Morgan fingerprint density at radius 2 is 1.68 bits per heavy atom. The second kappa shape index (κ2) is 8.01. The molecule has 0 amide bonds. The minimum atomic E-state index is -1.90. The number of carboxylic acids is 1. The number of methoxy groups -OCH3 is 2. The van der Waals surface area contributed by atoms with Gasteiger partial charge in [-0.15, -0.1) is 0 Å². The van der Waals surface area contributed by atoms with Gasteiger partial charge < -0.3 is 53.6 Å². The number of epoxide rings is 1. The predicted molar refractivity (Wildman–Crippen MR) is 93.7 cm³/mol. The van der Waals surface area contributed by atoms with Gasteiger partial charge in [-0.1, -0.05) is 0 Å². The molecule has 3 heterocycles. The summed E-state index contributed by atoms with van der Waals surface area (Å²) in [4.78, 5) is 23.7. The number of rotatable bonds is 6. The van der Waals surface area contributed by atoms with Crippen LogP contribution in [-0.2, 0) is 23.8 Å². The average Bonchev–Trinajstić information content (AvgIpc) is 3.41. The Morgan fingerprint density at radius 1 is 0.968 bits per heavy atom. The summed E-state index contributed by atoms with van der Waals surface area (Å²) >= 11 is 0. The van der Waals surface area contributed by atoms with Gasteiger partial charge in [0, 0.05) is 5.56 Å². The van der Waals surface area contributed by atoms with Crippen molar-refractivity contribution in [2.24, 2.45) is 0 Å². The summed E-state index contributed by atoms with van der Waals surface area (Å²) in [6.45, 7) is -0.0227. The number of aliphatic hydroxyl groups is 3. The van der Waals surface area contributed by atoms with Crippen molar-refractivity contribution in [1.82, 2.24) is 0 Å². The molecule has 7 unspecified atom stereocenters. The largest absolute Gasteiger partial charge is 0.492 e. The molecule has 0 aliphatic carbocycles. The van der Waals surface area contributed by atoms with Crippen LogP contribution in [0.25, 0.3) is 0 Å². The molecule has 7 atom stereocenters. The molecule has 2 saturated heterocycles. The molecule has 0 bridgehead atoms. The first kappa shape index (κ1) is 21.4.